The highest BCUT2D eigenvalue weighted by molar-refractivity contribution is 6.60. The SMILES string of the molecule is CCO[Si](CCCN=Cc1cc(N=Nc2ccc(Cl)cc2Cl)cc(OC)c1O)(OCC)OCC. The molecule has 2 aromatic rings. The molecule has 186 valence electrons. The van der Waals surface area contributed by atoms with Crippen molar-refractivity contribution >= 4 is 49.6 Å². The van der Waals surface area contributed by atoms with E-state index in [0.717, 1.165) is 6.42 Å². The van der Waals surface area contributed by atoms with Gasteiger partial charge < -0.3 is 23.1 Å². The van der Waals surface area contributed by atoms with Crippen LogP contribution in [0.5, 0.6) is 11.5 Å². The van der Waals surface area contributed by atoms with E-state index in [9.17, 15) is 5.11 Å². The summed E-state index contributed by atoms with van der Waals surface area (Å²) in [6.07, 6.45) is 2.30. The number of hydrogen-bond donors (Lipinski definition) is 1. The molecule has 8 nitrogen and oxygen atoms in total. The number of ether oxygens (including phenoxy) is 1. The number of halogens is 2. The van der Waals surface area contributed by atoms with Crippen LogP contribution < -0.4 is 4.74 Å². The number of benzene rings is 2. The average Bonchev–Trinajstić information content (AvgIpc) is 2.80. The zero-order valence-electron chi connectivity index (χ0n) is 19.9. The summed E-state index contributed by atoms with van der Waals surface area (Å²) in [6.45, 7) is 7.90. The van der Waals surface area contributed by atoms with E-state index in [1.54, 1.807) is 36.5 Å². The fourth-order valence-corrected chi connectivity index (χ4v) is 6.19. The Kier molecular flexibility index (Phi) is 12.0. The number of aromatic hydroxyl groups is 1. The van der Waals surface area contributed by atoms with Crippen molar-refractivity contribution in [2.45, 2.75) is 33.2 Å². The van der Waals surface area contributed by atoms with Crippen molar-refractivity contribution in [3.8, 4) is 11.5 Å². The van der Waals surface area contributed by atoms with Gasteiger partial charge in [0, 0.05) is 55.3 Å². The fourth-order valence-electron chi connectivity index (χ4n) is 3.15. The van der Waals surface area contributed by atoms with Crippen molar-refractivity contribution < 1.29 is 23.1 Å². The first-order chi connectivity index (χ1) is 16.4. The Morgan fingerprint density at radius 1 is 0.971 bits per heavy atom. The first-order valence-corrected chi connectivity index (χ1v) is 13.8. The number of aliphatic imine (C=N–C) groups is 1. The summed E-state index contributed by atoms with van der Waals surface area (Å²) in [7, 11) is -1.24. The van der Waals surface area contributed by atoms with Crippen LogP contribution in [0.3, 0.4) is 0 Å². The number of phenols is 1. The Balaban J connectivity index is 2.13. The number of methoxy groups -OCH3 is 1. The third-order valence-electron chi connectivity index (χ3n) is 4.59. The lowest BCUT2D eigenvalue weighted by Crippen LogP contribution is -2.46. The summed E-state index contributed by atoms with van der Waals surface area (Å²) in [4.78, 5) is 4.45. The van der Waals surface area contributed by atoms with Gasteiger partial charge in [-0.1, -0.05) is 23.2 Å². The Hall–Kier alpha value is -2.01. The molecular formula is C23H31Cl2N3O5Si. The lowest BCUT2D eigenvalue weighted by atomic mass is 10.1. The van der Waals surface area contributed by atoms with Crippen LogP contribution in [0.1, 0.15) is 32.8 Å². The second kappa shape index (κ2) is 14.4. The molecule has 0 radical (unpaired) electrons. The third-order valence-corrected chi connectivity index (χ3v) is 8.27. The molecule has 0 atom stereocenters. The predicted octanol–water partition coefficient (Wildman–Crippen LogP) is 6.98. The third kappa shape index (κ3) is 8.33. The van der Waals surface area contributed by atoms with Crippen LogP contribution in [-0.4, -0.2) is 53.6 Å². The molecule has 0 spiro atoms. The Bertz CT molecular complexity index is 974. The lowest BCUT2D eigenvalue weighted by Gasteiger charge is -2.28. The van der Waals surface area contributed by atoms with Gasteiger partial charge in [-0.25, -0.2) is 0 Å². The van der Waals surface area contributed by atoms with Crippen LogP contribution >= 0.6 is 23.2 Å². The van der Waals surface area contributed by atoms with E-state index >= 15 is 0 Å². The molecule has 2 rings (SSSR count). The van der Waals surface area contributed by atoms with E-state index in [1.165, 1.54) is 7.11 Å². The van der Waals surface area contributed by atoms with Crippen LogP contribution in [0.15, 0.2) is 45.6 Å². The topological polar surface area (TPSA) is 94.2 Å². The minimum atomic E-state index is -2.70. The van der Waals surface area contributed by atoms with Gasteiger partial charge in [-0.15, -0.1) is 5.11 Å². The summed E-state index contributed by atoms with van der Waals surface area (Å²) in [5.74, 6) is 0.229. The van der Waals surface area contributed by atoms with Crippen LogP contribution in [0.4, 0.5) is 11.4 Å². The lowest BCUT2D eigenvalue weighted by molar-refractivity contribution is 0.0710. The molecule has 0 aliphatic carbocycles. The first kappa shape index (κ1) is 28.2. The monoisotopic (exact) mass is 527 g/mol. The standard InChI is InChI=1S/C23H31Cl2N3O5Si/c1-5-31-34(32-6-2,33-7-3)12-8-11-26-16-17-13-19(15-22(30-4)23(17)29)27-28-21-10-9-18(24)14-20(21)25/h9-10,13-16,29H,5-8,11-12H2,1-4H3. The normalized spacial score (nSPS) is 12.2. The van der Waals surface area contributed by atoms with Crippen molar-refractivity contribution in [3.63, 3.8) is 0 Å². The summed E-state index contributed by atoms with van der Waals surface area (Å²) in [5, 5.41) is 19.8. The van der Waals surface area contributed by atoms with Crippen molar-refractivity contribution in [1.82, 2.24) is 0 Å². The number of hydrogen-bond acceptors (Lipinski definition) is 8. The van der Waals surface area contributed by atoms with Gasteiger partial charge in [0.05, 0.1) is 17.8 Å². The number of nitrogens with zero attached hydrogens (tertiary/aromatic N) is 3. The van der Waals surface area contributed by atoms with Crippen molar-refractivity contribution in [2.24, 2.45) is 15.2 Å². The fraction of sp³-hybridized carbons (Fsp3) is 0.435. The Labute approximate surface area is 211 Å². The highest BCUT2D eigenvalue weighted by Crippen LogP contribution is 2.35. The zero-order chi connectivity index (χ0) is 25.0. The molecule has 0 fully saturated rings. The van der Waals surface area contributed by atoms with Gasteiger partial charge in [-0.2, -0.15) is 5.11 Å². The van der Waals surface area contributed by atoms with Crippen molar-refractivity contribution in [3.05, 3.63) is 45.9 Å². The summed E-state index contributed by atoms with van der Waals surface area (Å²) in [6, 6.07) is 8.83. The quantitative estimate of drug-likeness (QED) is 0.124. The van der Waals surface area contributed by atoms with Gasteiger partial charge in [-0.3, -0.25) is 4.99 Å². The van der Waals surface area contributed by atoms with Gasteiger partial charge in [0.15, 0.2) is 11.5 Å². The highest BCUT2D eigenvalue weighted by Gasteiger charge is 2.39. The molecule has 0 aromatic heterocycles. The zero-order valence-corrected chi connectivity index (χ0v) is 22.4. The summed E-state index contributed by atoms with van der Waals surface area (Å²) in [5.41, 5.74) is 1.40. The van der Waals surface area contributed by atoms with Crippen molar-refractivity contribution in [2.75, 3.05) is 33.5 Å². The smallest absolute Gasteiger partial charge is 0.500 e. The maximum Gasteiger partial charge on any atom is 0.500 e. The van der Waals surface area contributed by atoms with Gasteiger partial charge in [0.1, 0.15) is 5.69 Å². The first-order valence-electron chi connectivity index (χ1n) is 11.1. The molecule has 0 saturated heterocycles. The molecule has 1 N–H and O–H groups in total. The van der Waals surface area contributed by atoms with E-state index in [2.05, 4.69) is 15.2 Å². The van der Waals surface area contributed by atoms with E-state index in [-0.39, 0.29) is 11.5 Å². The molecule has 0 amide bonds. The predicted molar refractivity (Wildman–Crippen MR) is 138 cm³/mol. The molecule has 11 heteroatoms. The number of rotatable bonds is 14. The molecule has 0 aliphatic heterocycles. The molecule has 0 aliphatic rings. The van der Waals surface area contributed by atoms with Crippen LogP contribution in [0.2, 0.25) is 16.1 Å². The Morgan fingerprint density at radius 2 is 1.65 bits per heavy atom. The van der Waals surface area contributed by atoms with E-state index < -0.39 is 8.80 Å². The molecule has 0 unspecified atom stereocenters. The Morgan fingerprint density at radius 3 is 2.24 bits per heavy atom. The molecule has 0 bridgehead atoms. The minimum absolute atomic E-state index is 0.0311. The maximum absolute atomic E-state index is 10.5. The van der Waals surface area contributed by atoms with Gasteiger partial charge in [-0.05, 0) is 51.5 Å². The van der Waals surface area contributed by atoms with Crippen molar-refractivity contribution in [1.29, 1.82) is 0 Å². The summed E-state index contributed by atoms with van der Waals surface area (Å²) < 4.78 is 22.9. The van der Waals surface area contributed by atoms with Gasteiger partial charge >= 0.3 is 8.80 Å². The molecular weight excluding hydrogens is 497 g/mol. The highest BCUT2D eigenvalue weighted by atomic mass is 35.5. The number of azo groups is 1. The minimum Gasteiger partial charge on any atom is -0.504 e. The van der Waals surface area contributed by atoms with Gasteiger partial charge in [0.2, 0.25) is 0 Å². The second-order valence-corrected chi connectivity index (χ2v) is 10.6. The molecule has 0 heterocycles. The van der Waals surface area contributed by atoms with Crippen LogP contribution in [0.25, 0.3) is 0 Å². The molecule has 0 saturated carbocycles. The average molecular weight is 529 g/mol. The van der Waals surface area contributed by atoms with Gasteiger partial charge in [0.25, 0.3) is 0 Å². The second-order valence-electron chi connectivity index (χ2n) is 7.00. The van der Waals surface area contributed by atoms with E-state index in [4.69, 9.17) is 41.2 Å². The van der Waals surface area contributed by atoms with Crippen LogP contribution in [0, 0.1) is 0 Å². The van der Waals surface area contributed by atoms with E-state index in [0.29, 0.717) is 59.4 Å². The molecule has 34 heavy (non-hydrogen) atoms. The van der Waals surface area contributed by atoms with E-state index in [1.807, 2.05) is 20.8 Å². The maximum atomic E-state index is 10.5. The largest absolute Gasteiger partial charge is 0.504 e. The van der Waals surface area contributed by atoms with Crippen LogP contribution in [-0.2, 0) is 13.3 Å². The summed E-state index contributed by atoms with van der Waals surface area (Å²) >= 11 is 12.1. The number of phenolic OH excluding ortho intramolecular Hbond substituents is 1. The molecule has 2 aromatic carbocycles.